The fourth-order valence-corrected chi connectivity index (χ4v) is 8.26. The number of nitrogens with zero attached hydrogens (tertiary/aromatic N) is 2. The molecule has 2 heteroatoms. The number of hydrogen-bond donors (Lipinski definition) is 0. The molecule has 0 aliphatic heterocycles. The van der Waals surface area contributed by atoms with Gasteiger partial charge in [-0.25, -0.2) is 9.97 Å². The van der Waals surface area contributed by atoms with Crippen LogP contribution in [-0.2, 0) is 10.8 Å². The van der Waals surface area contributed by atoms with Gasteiger partial charge in [0.1, 0.15) is 0 Å². The molecule has 0 unspecified atom stereocenters. The van der Waals surface area contributed by atoms with Crippen molar-refractivity contribution in [2.24, 2.45) is 0 Å². The van der Waals surface area contributed by atoms with E-state index < -0.39 is 0 Å². The zero-order chi connectivity index (χ0) is 32.6. The first-order chi connectivity index (χ1) is 23.3. The molecule has 9 rings (SSSR count). The molecule has 0 saturated heterocycles. The van der Waals surface area contributed by atoms with E-state index in [1.807, 2.05) is 0 Å². The second-order valence-electron chi connectivity index (χ2n) is 14.2. The lowest BCUT2D eigenvalue weighted by Gasteiger charge is -2.22. The Morgan fingerprint density at radius 3 is 1.33 bits per heavy atom. The average molecular weight is 617 g/mol. The Hall–Kier alpha value is -5.60. The lowest BCUT2D eigenvalue weighted by Crippen LogP contribution is -2.14. The summed E-state index contributed by atoms with van der Waals surface area (Å²) in [7, 11) is 0. The lowest BCUT2D eigenvalue weighted by molar-refractivity contribution is 0.660. The van der Waals surface area contributed by atoms with Crippen molar-refractivity contribution < 1.29 is 0 Å². The molecule has 6 aromatic carbocycles. The maximum Gasteiger partial charge on any atom is 0.160 e. The Morgan fingerprint density at radius 2 is 0.771 bits per heavy atom. The standard InChI is InChI=1S/C46H36N2/c1-45(2)36-23-10-8-19-32(36)42-34(21-13-25-38(42)45)40-28-41(35-22-14-26-39-43(35)33-20-9-11-24-37(33)46(39,3)4)48-44(47-40)31-18-12-17-30(27-31)29-15-6-5-7-16-29/h5-28H,1-4H3. The highest BCUT2D eigenvalue weighted by Crippen LogP contribution is 2.54. The van der Waals surface area contributed by atoms with Crippen molar-refractivity contribution in [3.63, 3.8) is 0 Å². The predicted octanol–water partition coefficient (Wildman–Crippen LogP) is 11.8. The average Bonchev–Trinajstić information content (AvgIpc) is 3.52. The van der Waals surface area contributed by atoms with Crippen molar-refractivity contribution in [1.82, 2.24) is 9.97 Å². The van der Waals surface area contributed by atoms with E-state index in [1.165, 1.54) is 50.1 Å². The van der Waals surface area contributed by atoms with Gasteiger partial charge in [-0.15, -0.1) is 0 Å². The Kier molecular flexibility index (Phi) is 6.23. The zero-order valence-corrected chi connectivity index (χ0v) is 27.8. The van der Waals surface area contributed by atoms with Crippen LogP contribution < -0.4 is 0 Å². The molecular formula is C46H36N2. The van der Waals surface area contributed by atoms with Crippen molar-refractivity contribution >= 4 is 0 Å². The predicted molar refractivity (Wildman–Crippen MR) is 199 cm³/mol. The van der Waals surface area contributed by atoms with Gasteiger partial charge >= 0.3 is 0 Å². The van der Waals surface area contributed by atoms with Gasteiger partial charge in [-0.2, -0.15) is 0 Å². The van der Waals surface area contributed by atoms with Crippen molar-refractivity contribution in [3.8, 4) is 67.3 Å². The van der Waals surface area contributed by atoms with E-state index in [2.05, 4.69) is 173 Å². The summed E-state index contributed by atoms with van der Waals surface area (Å²) >= 11 is 0. The van der Waals surface area contributed by atoms with Crippen LogP contribution in [-0.4, -0.2) is 9.97 Å². The van der Waals surface area contributed by atoms with Crippen LogP contribution in [0.15, 0.2) is 146 Å². The summed E-state index contributed by atoms with van der Waals surface area (Å²) < 4.78 is 0. The quantitative estimate of drug-likeness (QED) is 0.197. The summed E-state index contributed by atoms with van der Waals surface area (Å²) in [6.45, 7) is 9.33. The number of fused-ring (bicyclic) bond motifs is 6. The monoisotopic (exact) mass is 616 g/mol. The molecule has 0 spiro atoms. The molecule has 0 bridgehead atoms. The van der Waals surface area contributed by atoms with E-state index in [4.69, 9.17) is 9.97 Å². The fraction of sp³-hybridized carbons (Fsp3) is 0.130. The first-order valence-electron chi connectivity index (χ1n) is 16.8. The van der Waals surface area contributed by atoms with Gasteiger partial charge < -0.3 is 0 Å². The molecule has 1 heterocycles. The van der Waals surface area contributed by atoms with E-state index in [0.29, 0.717) is 0 Å². The van der Waals surface area contributed by atoms with E-state index in [1.54, 1.807) is 0 Å². The van der Waals surface area contributed by atoms with Gasteiger partial charge in [0.2, 0.25) is 0 Å². The minimum atomic E-state index is -0.0970. The fourth-order valence-electron chi connectivity index (χ4n) is 8.26. The molecule has 1 aromatic heterocycles. The summed E-state index contributed by atoms with van der Waals surface area (Å²) in [5.74, 6) is 0.728. The van der Waals surface area contributed by atoms with Crippen LogP contribution in [0.1, 0.15) is 49.9 Å². The number of hydrogen-bond acceptors (Lipinski definition) is 2. The third-order valence-corrected chi connectivity index (χ3v) is 10.7. The molecule has 0 saturated carbocycles. The van der Waals surface area contributed by atoms with Crippen molar-refractivity contribution in [2.45, 2.75) is 38.5 Å². The minimum Gasteiger partial charge on any atom is -0.228 e. The molecule has 48 heavy (non-hydrogen) atoms. The van der Waals surface area contributed by atoms with Gasteiger partial charge in [-0.3, -0.25) is 0 Å². The highest BCUT2D eigenvalue weighted by molar-refractivity contribution is 5.95. The summed E-state index contributed by atoms with van der Waals surface area (Å²) in [4.78, 5) is 10.8. The second kappa shape index (κ2) is 10.5. The smallest absolute Gasteiger partial charge is 0.160 e. The van der Waals surface area contributed by atoms with Gasteiger partial charge in [-0.1, -0.05) is 161 Å². The molecule has 0 N–H and O–H groups in total. The molecule has 2 nitrogen and oxygen atoms in total. The third-order valence-electron chi connectivity index (χ3n) is 10.7. The summed E-state index contributed by atoms with van der Waals surface area (Å²) in [5, 5.41) is 0. The Balaban J connectivity index is 1.32. The highest BCUT2D eigenvalue weighted by Gasteiger charge is 2.38. The molecule has 230 valence electrons. The topological polar surface area (TPSA) is 25.8 Å². The Morgan fingerprint density at radius 1 is 0.354 bits per heavy atom. The third kappa shape index (κ3) is 4.19. The molecule has 2 aliphatic rings. The first-order valence-corrected chi connectivity index (χ1v) is 16.8. The molecule has 7 aromatic rings. The van der Waals surface area contributed by atoms with Gasteiger partial charge in [0, 0.05) is 27.5 Å². The maximum atomic E-state index is 5.39. The zero-order valence-electron chi connectivity index (χ0n) is 27.8. The minimum absolute atomic E-state index is 0.0970. The highest BCUT2D eigenvalue weighted by atomic mass is 14.9. The van der Waals surface area contributed by atoms with Crippen molar-refractivity contribution in [3.05, 3.63) is 168 Å². The molecule has 0 amide bonds. The van der Waals surface area contributed by atoms with Gasteiger partial charge in [0.05, 0.1) is 11.4 Å². The SMILES string of the molecule is CC1(C)c2ccccc2-c2c(-c3cc(-c4cccc5c4-c4ccccc4C5(C)C)nc(-c4cccc(-c5ccccc5)c4)n3)cccc21. The summed E-state index contributed by atoms with van der Waals surface area (Å²) in [6.07, 6.45) is 0. The van der Waals surface area contributed by atoms with Crippen LogP contribution in [0.2, 0.25) is 0 Å². The van der Waals surface area contributed by atoms with Crippen LogP contribution >= 0.6 is 0 Å². The van der Waals surface area contributed by atoms with Crippen LogP contribution in [0.4, 0.5) is 0 Å². The lowest BCUT2D eigenvalue weighted by atomic mass is 9.82. The van der Waals surface area contributed by atoms with Gasteiger partial charge in [0.15, 0.2) is 5.82 Å². The normalized spacial score (nSPS) is 14.6. The second-order valence-corrected chi connectivity index (χ2v) is 14.2. The Bertz CT molecular complexity index is 2270. The van der Waals surface area contributed by atoms with Gasteiger partial charge in [0.25, 0.3) is 0 Å². The van der Waals surface area contributed by atoms with E-state index >= 15 is 0 Å². The van der Waals surface area contributed by atoms with E-state index in [0.717, 1.165) is 39.5 Å². The molecule has 2 aliphatic carbocycles. The van der Waals surface area contributed by atoms with Crippen LogP contribution in [0, 0.1) is 0 Å². The van der Waals surface area contributed by atoms with E-state index in [9.17, 15) is 0 Å². The number of benzene rings is 6. The van der Waals surface area contributed by atoms with Crippen LogP contribution in [0.25, 0.3) is 67.3 Å². The number of rotatable bonds is 4. The number of aromatic nitrogens is 2. The molecule has 0 radical (unpaired) electrons. The Labute approximate surface area is 282 Å². The van der Waals surface area contributed by atoms with Crippen molar-refractivity contribution in [1.29, 1.82) is 0 Å². The van der Waals surface area contributed by atoms with Gasteiger partial charge in [-0.05, 0) is 67.8 Å². The molecule has 0 atom stereocenters. The van der Waals surface area contributed by atoms with Crippen molar-refractivity contribution in [2.75, 3.05) is 0 Å². The molecule has 0 fully saturated rings. The van der Waals surface area contributed by atoms with E-state index in [-0.39, 0.29) is 10.8 Å². The molecular weight excluding hydrogens is 581 g/mol. The van der Waals surface area contributed by atoms with Crippen LogP contribution in [0.5, 0.6) is 0 Å². The van der Waals surface area contributed by atoms with Crippen LogP contribution in [0.3, 0.4) is 0 Å². The summed E-state index contributed by atoms with van der Waals surface area (Å²) in [5.41, 5.74) is 17.8. The maximum absolute atomic E-state index is 5.39. The summed E-state index contributed by atoms with van der Waals surface area (Å²) in [6, 6.07) is 52.5. The largest absolute Gasteiger partial charge is 0.228 e. The first kappa shape index (κ1) is 28.6.